The third-order valence-electron chi connectivity index (χ3n) is 13.7. The van der Waals surface area contributed by atoms with E-state index in [2.05, 4.69) is 214 Å². The molecule has 0 aliphatic carbocycles. The monoisotopic (exact) mass is 861 g/mol. The van der Waals surface area contributed by atoms with Crippen LogP contribution >= 0.6 is 11.3 Å². The van der Waals surface area contributed by atoms with E-state index in [0.29, 0.717) is 0 Å². The van der Waals surface area contributed by atoms with Gasteiger partial charge in [-0.15, -0.1) is 11.3 Å². The van der Waals surface area contributed by atoms with E-state index in [1.54, 1.807) is 0 Å². The standard InChI is InChI=1S/C60H35N3O2S/c1-3-15-36(16-4-1)61(37-17-5-2-6-18-37)50-35-51-57(43-22-8-12-24-48(43)63(51)38-27-31-53-45(33-38)40-19-9-13-25-52(40)64-53)60-58(50)44-29-30-49-56(59(44)65-60)42-21-7-11-23-47(42)62(49)39-28-32-55-46(34-39)41-20-10-14-26-54(41)66-55/h1-35H. The van der Waals surface area contributed by atoms with Gasteiger partial charge in [0.05, 0.1) is 43.9 Å². The van der Waals surface area contributed by atoms with Gasteiger partial charge in [-0.05, 0) is 103 Å². The number of benzene rings is 10. The maximum atomic E-state index is 7.62. The summed E-state index contributed by atoms with van der Waals surface area (Å²) in [5.41, 5.74) is 13.2. The predicted molar refractivity (Wildman–Crippen MR) is 277 cm³/mol. The second-order valence-corrected chi connectivity index (χ2v) is 18.3. The van der Waals surface area contributed by atoms with Gasteiger partial charge in [-0.2, -0.15) is 0 Å². The zero-order valence-corrected chi connectivity index (χ0v) is 36.1. The van der Waals surface area contributed by atoms with Crippen molar-refractivity contribution in [3.8, 4) is 11.4 Å². The largest absolute Gasteiger partial charge is 0.456 e. The molecule has 0 unspecified atom stereocenters. The number of fused-ring (bicyclic) bond motifs is 17. The second kappa shape index (κ2) is 13.5. The van der Waals surface area contributed by atoms with E-state index in [-0.39, 0.29) is 0 Å². The van der Waals surface area contributed by atoms with Crippen molar-refractivity contribution in [1.82, 2.24) is 9.13 Å². The highest BCUT2D eigenvalue weighted by molar-refractivity contribution is 7.25. The van der Waals surface area contributed by atoms with Crippen LogP contribution in [0.3, 0.4) is 0 Å². The van der Waals surface area contributed by atoms with Crippen molar-refractivity contribution < 1.29 is 8.83 Å². The van der Waals surface area contributed by atoms with E-state index in [1.165, 1.54) is 20.2 Å². The van der Waals surface area contributed by atoms with Gasteiger partial charge in [0.25, 0.3) is 0 Å². The minimum Gasteiger partial charge on any atom is -0.456 e. The molecule has 5 heterocycles. The van der Waals surface area contributed by atoms with E-state index >= 15 is 0 Å². The maximum Gasteiger partial charge on any atom is 0.147 e. The van der Waals surface area contributed by atoms with Crippen molar-refractivity contribution >= 4 is 136 Å². The van der Waals surface area contributed by atoms with Crippen LogP contribution in [0.15, 0.2) is 221 Å². The summed E-state index contributed by atoms with van der Waals surface area (Å²) in [6, 6.07) is 76.4. The van der Waals surface area contributed by atoms with Crippen molar-refractivity contribution in [3.05, 3.63) is 212 Å². The first-order valence-electron chi connectivity index (χ1n) is 22.3. The van der Waals surface area contributed by atoms with E-state index < -0.39 is 0 Å². The molecule has 0 atom stereocenters. The molecule has 0 fully saturated rings. The molecule has 0 saturated heterocycles. The number of anilines is 3. The summed E-state index contributed by atoms with van der Waals surface area (Å²) in [4.78, 5) is 2.39. The maximum absolute atomic E-state index is 7.62. The quantitative estimate of drug-likeness (QED) is 0.173. The van der Waals surface area contributed by atoms with E-state index in [1.807, 2.05) is 23.5 Å². The van der Waals surface area contributed by atoms with E-state index in [9.17, 15) is 0 Å². The fraction of sp³-hybridized carbons (Fsp3) is 0. The number of aromatic nitrogens is 2. The molecule has 15 aromatic rings. The van der Waals surface area contributed by atoms with Crippen molar-refractivity contribution in [2.75, 3.05) is 4.90 Å². The lowest BCUT2D eigenvalue weighted by molar-refractivity contribution is 0.669. The van der Waals surface area contributed by atoms with Crippen molar-refractivity contribution in [2.45, 2.75) is 0 Å². The van der Waals surface area contributed by atoms with Crippen LogP contribution < -0.4 is 4.90 Å². The smallest absolute Gasteiger partial charge is 0.147 e. The first-order chi connectivity index (χ1) is 32.7. The summed E-state index contributed by atoms with van der Waals surface area (Å²) in [7, 11) is 0. The lowest BCUT2D eigenvalue weighted by atomic mass is 10.0. The Morgan fingerprint density at radius 2 is 0.894 bits per heavy atom. The van der Waals surface area contributed by atoms with Gasteiger partial charge in [0.15, 0.2) is 0 Å². The van der Waals surface area contributed by atoms with Crippen molar-refractivity contribution in [3.63, 3.8) is 0 Å². The fourth-order valence-corrected chi connectivity index (χ4v) is 12.0. The molecule has 6 heteroatoms. The minimum atomic E-state index is 0.856. The zero-order chi connectivity index (χ0) is 43.0. The van der Waals surface area contributed by atoms with Gasteiger partial charge in [-0.1, -0.05) is 109 Å². The normalized spacial score (nSPS) is 12.2. The Labute approximate surface area is 380 Å². The van der Waals surface area contributed by atoms with Crippen LogP contribution in [0.5, 0.6) is 0 Å². The van der Waals surface area contributed by atoms with Gasteiger partial charge in [-0.3, -0.25) is 0 Å². The van der Waals surface area contributed by atoms with Crippen molar-refractivity contribution in [1.29, 1.82) is 0 Å². The average Bonchev–Trinajstić information content (AvgIpc) is 4.19. The topological polar surface area (TPSA) is 39.4 Å². The van der Waals surface area contributed by atoms with Gasteiger partial charge in [-0.25, -0.2) is 0 Å². The highest BCUT2D eigenvalue weighted by Crippen LogP contribution is 2.51. The van der Waals surface area contributed by atoms with Crippen LogP contribution in [0.25, 0.3) is 119 Å². The van der Waals surface area contributed by atoms with E-state index in [0.717, 1.165) is 116 Å². The predicted octanol–water partition coefficient (Wildman–Crippen LogP) is 17.5. The first kappa shape index (κ1) is 35.8. The SMILES string of the molecule is c1ccc(N(c2ccccc2)c2cc3c(c4ccccc4n3-c3ccc4oc5ccccc5c4c3)c3oc4c(ccc5c4c4ccccc4n5-c4ccc5sc6ccccc6c5c4)c23)cc1. The summed E-state index contributed by atoms with van der Waals surface area (Å²) in [6.45, 7) is 0. The fourth-order valence-electron chi connectivity index (χ4n) is 10.9. The molecule has 5 aromatic heterocycles. The molecule has 0 aliphatic rings. The molecule has 10 aromatic carbocycles. The second-order valence-electron chi connectivity index (χ2n) is 17.2. The Morgan fingerprint density at radius 1 is 0.333 bits per heavy atom. The van der Waals surface area contributed by atoms with Gasteiger partial charge in [0, 0.05) is 69.9 Å². The third kappa shape index (κ3) is 4.93. The number of para-hydroxylation sites is 5. The Morgan fingerprint density at radius 3 is 1.64 bits per heavy atom. The molecule has 15 rings (SSSR count). The summed E-state index contributed by atoms with van der Waals surface area (Å²) in [5.74, 6) is 0. The molecule has 0 amide bonds. The zero-order valence-electron chi connectivity index (χ0n) is 35.3. The summed E-state index contributed by atoms with van der Waals surface area (Å²) in [5, 5.41) is 11.3. The highest BCUT2D eigenvalue weighted by atomic mass is 32.1. The molecule has 0 aliphatic heterocycles. The van der Waals surface area contributed by atoms with Crippen LogP contribution in [-0.2, 0) is 0 Å². The number of nitrogens with zero attached hydrogens (tertiary/aromatic N) is 3. The third-order valence-corrected chi connectivity index (χ3v) is 14.8. The van der Waals surface area contributed by atoms with E-state index in [4.69, 9.17) is 8.83 Å². The summed E-state index contributed by atoms with van der Waals surface area (Å²) < 4.78 is 21.4. The molecule has 66 heavy (non-hydrogen) atoms. The molecule has 0 radical (unpaired) electrons. The Hall–Kier alpha value is -8.58. The van der Waals surface area contributed by atoms with Gasteiger partial charge in [0.1, 0.15) is 22.3 Å². The van der Waals surface area contributed by atoms with Crippen LogP contribution in [0.2, 0.25) is 0 Å². The molecular weight excluding hydrogens is 827 g/mol. The molecule has 0 bridgehead atoms. The van der Waals surface area contributed by atoms with Crippen molar-refractivity contribution in [2.24, 2.45) is 0 Å². The van der Waals surface area contributed by atoms with Crippen LogP contribution in [0.4, 0.5) is 17.1 Å². The lowest BCUT2D eigenvalue weighted by Crippen LogP contribution is -2.10. The Kier molecular flexibility index (Phi) is 7.31. The molecule has 5 nitrogen and oxygen atoms in total. The number of thiophene rings is 1. The highest BCUT2D eigenvalue weighted by Gasteiger charge is 2.28. The number of furan rings is 2. The van der Waals surface area contributed by atoms with Crippen LogP contribution in [0.1, 0.15) is 0 Å². The van der Waals surface area contributed by atoms with Gasteiger partial charge in [0.2, 0.25) is 0 Å². The Bertz CT molecular complexity index is 4430. The first-order valence-corrected chi connectivity index (χ1v) is 23.1. The molecule has 0 N–H and O–H groups in total. The molecule has 0 spiro atoms. The Balaban J connectivity index is 1.10. The van der Waals surface area contributed by atoms with Crippen LogP contribution in [0, 0.1) is 0 Å². The molecular formula is C60H35N3O2S. The van der Waals surface area contributed by atoms with Gasteiger partial charge < -0.3 is 22.9 Å². The lowest BCUT2D eigenvalue weighted by Gasteiger charge is -2.26. The molecule has 0 saturated carbocycles. The number of hydrogen-bond donors (Lipinski definition) is 0. The summed E-state index contributed by atoms with van der Waals surface area (Å²) in [6.07, 6.45) is 0. The summed E-state index contributed by atoms with van der Waals surface area (Å²) >= 11 is 1.85. The van der Waals surface area contributed by atoms with Crippen LogP contribution in [-0.4, -0.2) is 9.13 Å². The average molecular weight is 862 g/mol. The minimum absolute atomic E-state index is 0.856. The number of rotatable bonds is 5. The molecule has 308 valence electrons. The number of hydrogen-bond acceptors (Lipinski definition) is 4. The van der Waals surface area contributed by atoms with Gasteiger partial charge >= 0.3 is 0 Å².